The molecule has 0 bridgehead atoms. The third-order valence-corrected chi connectivity index (χ3v) is 6.22. The molecule has 1 amide bonds. The number of nitrogens with zero attached hydrogens (tertiary/aromatic N) is 3. The van der Waals surface area contributed by atoms with E-state index in [9.17, 15) is 18.0 Å². The first-order valence-corrected chi connectivity index (χ1v) is 11.3. The van der Waals surface area contributed by atoms with Gasteiger partial charge in [0.1, 0.15) is 0 Å². The van der Waals surface area contributed by atoms with Gasteiger partial charge in [-0.2, -0.15) is 18.2 Å². The van der Waals surface area contributed by atoms with Gasteiger partial charge in [0.25, 0.3) is 0 Å². The third kappa shape index (κ3) is 5.93. The molecule has 0 spiro atoms. The Hall–Kier alpha value is -2.43. The molecule has 2 heterocycles. The average Bonchev–Trinajstić information content (AvgIpc) is 3.23. The van der Waals surface area contributed by atoms with Gasteiger partial charge in [-0.25, -0.2) is 0 Å². The minimum atomic E-state index is -4.52. The Labute approximate surface area is 201 Å². The number of aromatic nitrogens is 2. The molecule has 1 aliphatic heterocycles. The first-order chi connectivity index (χ1) is 15.7. The van der Waals surface area contributed by atoms with E-state index in [1.165, 1.54) is 0 Å². The Balaban J connectivity index is 1.39. The fourth-order valence-corrected chi connectivity index (χ4v) is 4.10. The first kappa shape index (κ1) is 23.7. The molecular formula is C22H19BrClF3N4O2. The monoisotopic (exact) mass is 542 g/mol. The molecule has 1 fully saturated rings. The molecule has 0 saturated carbocycles. The second-order valence-corrected chi connectivity index (χ2v) is 9.10. The largest absolute Gasteiger partial charge is 0.416 e. The Bertz CT molecular complexity index is 1140. The number of rotatable bonds is 5. The van der Waals surface area contributed by atoms with E-state index in [0.29, 0.717) is 31.2 Å². The van der Waals surface area contributed by atoms with E-state index in [2.05, 4.69) is 31.4 Å². The van der Waals surface area contributed by atoms with E-state index in [1.54, 1.807) is 0 Å². The number of nitrogens with one attached hydrogen (secondary N) is 1. The van der Waals surface area contributed by atoms with Gasteiger partial charge in [0.2, 0.25) is 17.6 Å². The van der Waals surface area contributed by atoms with Crippen LogP contribution < -0.4 is 5.32 Å². The lowest BCUT2D eigenvalue weighted by molar-refractivity contribution is -0.137. The summed E-state index contributed by atoms with van der Waals surface area (Å²) in [5, 5.41) is 6.62. The molecule has 2 aromatic carbocycles. The maximum atomic E-state index is 13.0. The summed E-state index contributed by atoms with van der Waals surface area (Å²) in [7, 11) is 0. The Kier molecular flexibility index (Phi) is 7.06. The maximum Gasteiger partial charge on any atom is 0.416 e. The molecule has 11 heteroatoms. The molecule has 1 unspecified atom stereocenters. The van der Waals surface area contributed by atoms with Crippen molar-refractivity contribution in [2.24, 2.45) is 5.92 Å². The van der Waals surface area contributed by atoms with Crippen LogP contribution in [-0.2, 0) is 17.5 Å². The summed E-state index contributed by atoms with van der Waals surface area (Å²) in [5.74, 6) is 0.123. The van der Waals surface area contributed by atoms with Crippen LogP contribution in [0.5, 0.6) is 0 Å². The molecule has 6 nitrogen and oxygen atoms in total. The van der Waals surface area contributed by atoms with Crippen LogP contribution in [0.1, 0.15) is 24.3 Å². The summed E-state index contributed by atoms with van der Waals surface area (Å²) >= 11 is 9.39. The summed E-state index contributed by atoms with van der Waals surface area (Å²) in [6.07, 6.45) is -3.15. The summed E-state index contributed by atoms with van der Waals surface area (Å²) < 4.78 is 45.3. The molecule has 0 aliphatic carbocycles. The number of amides is 1. The first-order valence-electron chi connectivity index (χ1n) is 10.2. The van der Waals surface area contributed by atoms with Gasteiger partial charge in [0.05, 0.1) is 28.7 Å². The Morgan fingerprint density at radius 3 is 2.73 bits per heavy atom. The number of likely N-dealkylation sites (tertiary alicyclic amines) is 1. The fraction of sp³-hybridized carbons (Fsp3) is 0.318. The highest BCUT2D eigenvalue weighted by atomic mass is 79.9. The van der Waals surface area contributed by atoms with Crippen LogP contribution >= 0.6 is 27.5 Å². The van der Waals surface area contributed by atoms with Crippen molar-refractivity contribution < 1.29 is 22.5 Å². The SMILES string of the molecule is O=C(Nc1cc(C(F)(F)F)ccc1Cl)C1CCCN(Cc2nc(-c3ccc(Br)cc3)no2)C1. The number of hydrogen-bond acceptors (Lipinski definition) is 5. The van der Waals surface area contributed by atoms with Crippen molar-refractivity contribution in [1.29, 1.82) is 0 Å². The van der Waals surface area contributed by atoms with Gasteiger partial charge in [0.15, 0.2) is 0 Å². The van der Waals surface area contributed by atoms with Gasteiger partial charge in [-0.1, -0.05) is 32.7 Å². The zero-order valence-electron chi connectivity index (χ0n) is 17.2. The number of benzene rings is 2. The zero-order valence-corrected chi connectivity index (χ0v) is 19.5. The molecule has 1 aliphatic rings. The highest BCUT2D eigenvalue weighted by molar-refractivity contribution is 9.10. The molecule has 3 aromatic rings. The van der Waals surface area contributed by atoms with Gasteiger partial charge < -0.3 is 9.84 Å². The van der Waals surface area contributed by atoms with Gasteiger partial charge in [-0.3, -0.25) is 9.69 Å². The minimum absolute atomic E-state index is 0.0512. The molecule has 174 valence electrons. The lowest BCUT2D eigenvalue weighted by atomic mass is 9.97. The number of carbonyl (C=O) groups is 1. The van der Waals surface area contributed by atoms with E-state index in [1.807, 2.05) is 29.2 Å². The predicted molar refractivity (Wildman–Crippen MR) is 121 cm³/mol. The lowest BCUT2D eigenvalue weighted by Gasteiger charge is -2.31. The lowest BCUT2D eigenvalue weighted by Crippen LogP contribution is -2.40. The smallest absolute Gasteiger partial charge is 0.338 e. The van der Waals surface area contributed by atoms with Gasteiger partial charge >= 0.3 is 6.18 Å². The van der Waals surface area contributed by atoms with Crippen LogP contribution in [0, 0.1) is 5.92 Å². The minimum Gasteiger partial charge on any atom is -0.338 e. The highest BCUT2D eigenvalue weighted by Gasteiger charge is 2.32. The Morgan fingerprint density at radius 2 is 2.00 bits per heavy atom. The van der Waals surface area contributed by atoms with Crippen LogP contribution in [0.4, 0.5) is 18.9 Å². The molecule has 1 saturated heterocycles. The van der Waals surface area contributed by atoms with E-state index in [-0.39, 0.29) is 16.6 Å². The maximum absolute atomic E-state index is 13.0. The standard InChI is InChI=1S/C22H19BrClF3N4O2/c23-16-6-3-13(4-7-16)20-29-19(33-30-20)12-31-9-1-2-14(11-31)21(32)28-18-10-15(22(25,26)27)5-8-17(18)24/h3-8,10,14H,1-2,9,11-12H2,(H,28,32). The van der Waals surface area contributed by atoms with E-state index < -0.39 is 17.7 Å². The molecular weight excluding hydrogens is 525 g/mol. The molecule has 33 heavy (non-hydrogen) atoms. The average molecular weight is 544 g/mol. The normalized spacial score (nSPS) is 17.2. The number of halogens is 5. The van der Waals surface area contributed by atoms with Crippen molar-refractivity contribution in [1.82, 2.24) is 15.0 Å². The number of piperidine rings is 1. The van der Waals surface area contributed by atoms with Gasteiger partial charge in [0, 0.05) is 16.6 Å². The quantitative estimate of drug-likeness (QED) is 0.426. The molecule has 1 N–H and O–H groups in total. The van der Waals surface area contributed by atoms with Crippen LogP contribution in [0.25, 0.3) is 11.4 Å². The van der Waals surface area contributed by atoms with E-state index in [0.717, 1.165) is 41.2 Å². The molecule has 1 atom stereocenters. The highest BCUT2D eigenvalue weighted by Crippen LogP contribution is 2.34. The van der Waals surface area contributed by atoms with Crippen molar-refractivity contribution in [2.75, 3.05) is 18.4 Å². The van der Waals surface area contributed by atoms with Crippen molar-refractivity contribution in [3.05, 3.63) is 63.4 Å². The summed E-state index contributed by atoms with van der Waals surface area (Å²) in [4.78, 5) is 19.2. The van der Waals surface area contributed by atoms with Gasteiger partial charge in [-0.05, 0) is 61.9 Å². The number of anilines is 1. The topological polar surface area (TPSA) is 71.3 Å². The number of alkyl halides is 3. The fourth-order valence-electron chi connectivity index (χ4n) is 3.67. The second-order valence-electron chi connectivity index (χ2n) is 7.77. The second kappa shape index (κ2) is 9.82. The zero-order chi connectivity index (χ0) is 23.6. The number of hydrogen-bond donors (Lipinski definition) is 1. The van der Waals surface area contributed by atoms with Gasteiger partial charge in [-0.15, -0.1) is 0 Å². The summed E-state index contributed by atoms with van der Waals surface area (Å²) in [5.41, 5.74) is -0.0998. The van der Waals surface area contributed by atoms with Crippen molar-refractivity contribution in [2.45, 2.75) is 25.6 Å². The van der Waals surface area contributed by atoms with Crippen LogP contribution in [0.15, 0.2) is 51.5 Å². The Morgan fingerprint density at radius 1 is 1.24 bits per heavy atom. The summed E-state index contributed by atoms with van der Waals surface area (Å²) in [6.45, 7) is 1.53. The summed E-state index contributed by atoms with van der Waals surface area (Å²) in [6, 6.07) is 10.4. The molecule has 4 rings (SSSR count). The number of carbonyl (C=O) groups excluding carboxylic acids is 1. The van der Waals surface area contributed by atoms with E-state index >= 15 is 0 Å². The molecule has 0 radical (unpaired) electrons. The van der Waals surface area contributed by atoms with Crippen molar-refractivity contribution in [3.63, 3.8) is 0 Å². The molecule has 1 aromatic heterocycles. The van der Waals surface area contributed by atoms with E-state index in [4.69, 9.17) is 16.1 Å². The predicted octanol–water partition coefficient (Wildman–Crippen LogP) is 6.02. The third-order valence-electron chi connectivity index (χ3n) is 5.36. The van der Waals surface area contributed by atoms with Crippen LogP contribution in [0.2, 0.25) is 5.02 Å². The van der Waals surface area contributed by atoms with Crippen LogP contribution in [0.3, 0.4) is 0 Å². The van der Waals surface area contributed by atoms with Crippen molar-refractivity contribution in [3.8, 4) is 11.4 Å². The van der Waals surface area contributed by atoms with Crippen molar-refractivity contribution >= 4 is 39.1 Å². The van der Waals surface area contributed by atoms with Crippen LogP contribution in [-0.4, -0.2) is 34.0 Å².